The SMILES string of the molecule is NC[C@@H]1C[C@@H]2[C@@H]3CC[C@@H](C3)[C@@H]2[C@@H]1CN. The Bertz CT molecular complexity index is 228. The van der Waals surface area contributed by atoms with Crippen LogP contribution in [-0.2, 0) is 0 Å². The molecule has 0 saturated heterocycles. The number of hydrogen-bond donors (Lipinski definition) is 2. The molecule has 2 bridgehead atoms. The van der Waals surface area contributed by atoms with E-state index in [0.717, 1.165) is 48.6 Å². The van der Waals surface area contributed by atoms with Gasteiger partial charge in [-0.3, -0.25) is 0 Å². The van der Waals surface area contributed by atoms with E-state index in [1.807, 2.05) is 0 Å². The van der Waals surface area contributed by atoms with Crippen LogP contribution in [-0.4, -0.2) is 13.1 Å². The van der Waals surface area contributed by atoms with Gasteiger partial charge in [-0.15, -0.1) is 0 Å². The Morgan fingerprint density at radius 3 is 2.43 bits per heavy atom. The maximum Gasteiger partial charge on any atom is -0.00429 e. The second kappa shape index (κ2) is 3.21. The van der Waals surface area contributed by atoms with Gasteiger partial charge in [-0.1, -0.05) is 0 Å². The minimum atomic E-state index is 0.749. The average molecular weight is 194 g/mol. The van der Waals surface area contributed by atoms with Gasteiger partial charge in [-0.2, -0.15) is 0 Å². The Kier molecular flexibility index (Phi) is 2.10. The van der Waals surface area contributed by atoms with Crippen LogP contribution in [0.3, 0.4) is 0 Å². The number of fused-ring (bicyclic) bond motifs is 5. The van der Waals surface area contributed by atoms with E-state index in [4.69, 9.17) is 11.5 Å². The number of hydrogen-bond acceptors (Lipinski definition) is 2. The maximum absolute atomic E-state index is 5.93. The molecule has 0 amide bonds. The van der Waals surface area contributed by atoms with Crippen molar-refractivity contribution in [2.24, 2.45) is 47.0 Å². The molecule has 0 aromatic heterocycles. The lowest BCUT2D eigenvalue weighted by Gasteiger charge is -2.29. The van der Waals surface area contributed by atoms with E-state index >= 15 is 0 Å². The first-order valence-corrected chi connectivity index (χ1v) is 6.25. The third-order valence-electron chi connectivity index (χ3n) is 5.41. The fourth-order valence-corrected chi connectivity index (χ4v) is 4.93. The van der Waals surface area contributed by atoms with Gasteiger partial charge in [0, 0.05) is 0 Å². The number of nitrogens with two attached hydrogens (primary N) is 2. The minimum Gasteiger partial charge on any atom is -0.330 e. The van der Waals surface area contributed by atoms with Crippen molar-refractivity contribution in [3.63, 3.8) is 0 Å². The summed E-state index contributed by atoms with van der Waals surface area (Å²) in [4.78, 5) is 0. The van der Waals surface area contributed by atoms with Gasteiger partial charge < -0.3 is 11.5 Å². The molecular formula is C12H22N2. The lowest BCUT2D eigenvalue weighted by molar-refractivity contribution is 0.206. The highest BCUT2D eigenvalue weighted by Crippen LogP contribution is 2.61. The average Bonchev–Trinajstić information content (AvgIpc) is 2.87. The summed E-state index contributed by atoms with van der Waals surface area (Å²) in [6.45, 7) is 1.75. The van der Waals surface area contributed by atoms with Gasteiger partial charge in [0.05, 0.1) is 0 Å². The predicted molar refractivity (Wildman–Crippen MR) is 57.5 cm³/mol. The lowest BCUT2D eigenvalue weighted by Crippen LogP contribution is -2.31. The van der Waals surface area contributed by atoms with Crippen LogP contribution in [0.2, 0.25) is 0 Å². The third kappa shape index (κ3) is 1.04. The molecule has 2 nitrogen and oxygen atoms in total. The Morgan fingerprint density at radius 2 is 1.71 bits per heavy atom. The van der Waals surface area contributed by atoms with E-state index in [1.165, 1.54) is 25.7 Å². The van der Waals surface area contributed by atoms with Gasteiger partial charge >= 0.3 is 0 Å². The first-order valence-electron chi connectivity index (χ1n) is 6.25. The highest BCUT2D eigenvalue weighted by Gasteiger charge is 2.55. The minimum absolute atomic E-state index is 0.749. The molecule has 3 fully saturated rings. The van der Waals surface area contributed by atoms with Gasteiger partial charge in [0.2, 0.25) is 0 Å². The van der Waals surface area contributed by atoms with Gasteiger partial charge in [-0.05, 0) is 74.3 Å². The summed E-state index contributed by atoms with van der Waals surface area (Å²) < 4.78 is 0. The summed E-state index contributed by atoms with van der Waals surface area (Å²) in [6.07, 6.45) is 5.90. The van der Waals surface area contributed by atoms with Crippen LogP contribution in [0.25, 0.3) is 0 Å². The molecule has 4 N–H and O–H groups in total. The van der Waals surface area contributed by atoms with E-state index in [2.05, 4.69) is 0 Å². The molecule has 3 aliphatic carbocycles. The van der Waals surface area contributed by atoms with Crippen molar-refractivity contribution in [2.45, 2.75) is 25.7 Å². The lowest BCUT2D eigenvalue weighted by atomic mass is 9.77. The highest BCUT2D eigenvalue weighted by atomic mass is 14.7. The Morgan fingerprint density at radius 1 is 0.929 bits per heavy atom. The van der Waals surface area contributed by atoms with Crippen molar-refractivity contribution >= 4 is 0 Å². The summed E-state index contributed by atoms with van der Waals surface area (Å²) >= 11 is 0. The van der Waals surface area contributed by atoms with Crippen molar-refractivity contribution in [3.8, 4) is 0 Å². The zero-order valence-corrected chi connectivity index (χ0v) is 8.86. The molecule has 0 unspecified atom stereocenters. The largest absolute Gasteiger partial charge is 0.330 e. The summed E-state index contributed by atoms with van der Waals surface area (Å²) in [5.74, 6) is 5.56. The van der Waals surface area contributed by atoms with Crippen LogP contribution in [0, 0.1) is 35.5 Å². The normalized spacial score (nSPS) is 55.3. The molecular weight excluding hydrogens is 172 g/mol. The summed E-state index contributed by atoms with van der Waals surface area (Å²) in [6, 6.07) is 0. The molecule has 3 rings (SSSR count). The Hall–Kier alpha value is -0.0800. The van der Waals surface area contributed by atoms with E-state index in [9.17, 15) is 0 Å². The molecule has 0 spiro atoms. The van der Waals surface area contributed by atoms with E-state index in [-0.39, 0.29) is 0 Å². The first kappa shape index (κ1) is 9.17. The van der Waals surface area contributed by atoms with Gasteiger partial charge in [0.1, 0.15) is 0 Å². The first-order chi connectivity index (χ1) is 6.85. The van der Waals surface area contributed by atoms with E-state index in [0.29, 0.717) is 0 Å². The molecule has 14 heavy (non-hydrogen) atoms. The summed E-state index contributed by atoms with van der Waals surface area (Å²) in [7, 11) is 0. The van der Waals surface area contributed by atoms with Crippen LogP contribution < -0.4 is 11.5 Å². The Labute approximate surface area is 86.4 Å². The highest BCUT2D eigenvalue weighted by molar-refractivity contribution is 5.05. The monoisotopic (exact) mass is 194 g/mol. The van der Waals surface area contributed by atoms with Crippen LogP contribution in [0.15, 0.2) is 0 Å². The zero-order chi connectivity index (χ0) is 9.71. The summed E-state index contributed by atoms with van der Waals surface area (Å²) in [5.41, 5.74) is 11.8. The smallest absolute Gasteiger partial charge is 0.00429 e. The van der Waals surface area contributed by atoms with Gasteiger partial charge in [-0.25, -0.2) is 0 Å². The fourth-order valence-electron chi connectivity index (χ4n) is 4.93. The topological polar surface area (TPSA) is 52.0 Å². The van der Waals surface area contributed by atoms with Crippen LogP contribution in [0.4, 0.5) is 0 Å². The molecule has 3 aliphatic rings. The van der Waals surface area contributed by atoms with E-state index < -0.39 is 0 Å². The molecule has 2 heteroatoms. The molecule has 0 radical (unpaired) electrons. The quantitative estimate of drug-likeness (QED) is 0.694. The molecule has 0 heterocycles. The van der Waals surface area contributed by atoms with Crippen molar-refractivity contribution in [3.05, 3.63) is 0 Å². The third-order valence-corrected chi connectivity index (χ3v) is 5.41. The molecule has 0 aromatic carbocycles. The summed E-state index contributed by atoms with van der Waals surface area (Å²) in [5, 5.41) is 0. The van der Waals surface area contributed by atoms with Crippen LogP contribution >= 0.6 is 0 Å². The predicted octanol–water partition coefficient (Wildman–Crippen LogP) is 1.20. The fraction of sp³-hybridized carbons (Fsp3) is 1.00. The van der Waals surface area contributed by atoms with E-state index in [1.54, 1.807) is 0 Å². The molecule has 0 aromatic rings. The maximum atomic E-state index is 5.93. The van der Waals surface area contributed by atoms with Crippen molar-refractivity contribution in [1.29, 1.82) is 0 Å². The van der Waals surface area contributed by atoms with Gasteiger partial charge in [0.25, 0.3) is 0 Å². The second-order valence-corrected chi connectivity index (χ2v) is 5.71. The molecule has 3 saturated carbocycles. The molecule has 80 valence electrons. The molecule has 6 atom stereocenters. The van der Waals surface area contributed by atoms with Crippen LogP contribution in [0.5, 0.6) is 0 Å². The Balaban J connectivity index is 1.84. The van der Waals surface area contributed by atoms with Crippen molar-refractivity contribution in [1.82, 2.24) is 0 Å². The van der Waals surface area contributed by atoms with Crippen molar-refractivity contribution < 1.29 is 0 Å². The second-order valence-electron chi connectivity index (χ2n) is 5.71. The standard InChI is InChI=1S/C12H22N2/c13-5-9-4-10-7-1-2-8(3-7)12(10)11(9)6-14/h7-12H,1-6,13-14H2/t7-,8+,9+,10-,11-,12+/m1/s1. The van der Waals surface area contributed by atoms with Gasteiger partial charge in [0.15, 0.2) is 0 Å². The van der Waals surface area contributed by atoms with Crippen LogP contribution in [0.1, 0.15) is 25.7 Å². The van der Waals surface area contributed by atoms with Crippen molar-refractivity contribution in [2.75, 3.05) is 13.1 Å². The molecule has 0 aliphatic heterocycles. The zero-order valence-electron chi connectivity index (χ0n) is 8.86. The number of rotatable bonds is 2.